The molecule has 1 aromatic rings. The van der Waals surface area contributed by atoms with Crippen molar-refractivity contribution in [2.24, 2.45) is 0 Å². The summed E-state index contributed by atoms with van der Waals surface area (Å²) in [4.78, 5) is 2.02. The molecule has 1 unspecified atom stereocenters. The molecular weight excluding hydrogens is 402 g/mol. The van der Waals surface area contributed by atoms with Crippen LogP contribution in [0.2, 0.25) is 0 Å². The van der Waals surface area contributed by atoms with Crippen molar-refractivity contribution >= 4 is 22.7 Å². The average molecular weight is 434 g/mol. The highest BCUT2D eigenvalue weighted by atomic mass is 35.5. The summed E-state index contributed by atoms with van der Waals surface area (Å²) in [5, 5.41) is 2.88. The van der Waals surface area contributed by atoms with Gasteiger partial charge in [0.05, 0.1) is 6.04 Å². The topological polar surface area (TPSA) is 18.5 Å². The Morgan fingerprint density at radius 3 is 2.68 bits per heavy atom. The molecule has 1 N–H and O–H groups in total. The molecule has 31 heavy (non-hydrogen) atoms. The van der Waals surface area contributed by atoms with Crippen LogP contribution in [0.25, 0.3) is 11.1 Å². The zero-order valence-corrected chi connectivity index (χ0v) is 19.5. The molecule has 3 aliphatic rings. The van der Waals surface area contributed by atoms with Crippen LogP contribution in [0.15, 0.2) is 83.5 Å². The van der Waals surface area contributed by atoms with Gasteiger partial charge in [0.25, 0.3) is 0 Å². The van der Waals surface area contributed by atoms with Gasteiger partial charge in [-0.15, -0.1) is 0 Å². The molecule has 4 rings (SSSR count). The second-order valence-corrected chi connectivity index (χ2v) is 8.77. The number of hydrazine groups is 1. The number of hydrogen-bond donors (Lipinski definition) is 1. The van der Waals surface area contributed by atoms with Crippen molar-refractivity contribution in [2.75, 3.05) is 6.54 Å². The first-order valence-electron chi connectivity index (χ1n) is 11.3. The Hall–Kier alpha value is -2.49. The van der Waals surface area contributed by atoms with Crippen LogP contribution in [0.4, 0.5) is 0 Å². The van der Waals surface area contributed by atoms with Crippen LogP contribution in [0.5, 0.6) is 0 Å². The summed E-state index contributed by atoms with van der Waals surface area (Å²) in [6.07, 6.45) is 15.1. The Kier molecular flexibility index (Phi) is 6.54. The van der Waals surface area contributed by atoms with Gasteiger partial charge in [0.2, 0.25) is 0 Å². The van der Waals surface area contributed by atoms with Crippen LogP contribution in [0, 0.1) is 0 Å². The van der Waals surface area contributed by atoms with Crippen LogP contribution in [0.1, 0.15) is 57.6 Å². The van der Waals surface area contributed by atoms with Gasteiger partial charge in [-0.2, -0.15) is 0 Å². The lowest BCUT2D eigenvalue weighted by molar-refractivity contribution is 0.295. The number of hydrogen-bond acceptors (Lipinski definition) is 3. The Morgan fingerprint density at radius 1 is 1.26 bits per heavy atom. The molecule has 1 atom stereocenters. The fourth-order valence-corrected chi connectivity index (χ4v) is 4.52. The molecule has 1 aromatic carbocycles. The van der Waals surface area contributed by atoms with Gasteiger partial charge in [0, 0.05) is 24.6 Å². The average Bonchev–Trinajstić information content (AvgIpc) is 3.50. The van der Waals surface area contributed by atoms with Gasteiger partial charge in [-0.1, -0.05) is 67.4 Å². The zero-order valence-electron chi connectivity index (χ0n) is 18.8. The van der Waals surface area contributed by atoms with E-state index in [0.29, 0.717) is 0 Å². The molecule has 0 aromatic heterocycles. The molecular formula is C27H32ClN3. The second kappa shape index (κ2) is 9.33. The summed E-state index contributed by atoms with van der Waals surface area (Å²) in [6.45, 7) is 11.8. The molecule has 3 nitrogen and oxygen atoms in total. The molecule has 2 heterocycles. The normalized spacial score (nSPS) is 21.2. The van der Waals surface area contributed by atoms with Crippen molar-refractivity contribution in [2.45, 2.75) is 52.5 Å². The van der Waals surface area contributed by atoms with Gasteiger partial charge < -0.3 is 9.91 Å². The first-order chi connectivity index (χ1) is 15.0. The summed E-state index contributed by atoms with van der Waals surface area (Å²) in [5.41, 5.74) is 12.0. The standard InChI is InChI=1S/C27H32ClN3/c1-5-9-25(27(28)31-15-14-22(16-19(31)3)17-21-12-13-21)23-10-7-8-11-24(23)26-18-30(6-2)29-20(26)4/h7-8,10-11,14-18,20,29H,3,5-6,9,12-13H2,1-2,4H3/b27-25+. The summed E-state index contributed by atoms with van der Waals surface area (Å²) < 4.78 is 0. The third-order valence-corrected chi connectivity index (χ3v) is 6.36. The number of nitrogens with one attached hydrogen (secondary N) is 1. The minimum Gasteiger partial charge on any atom is -0.315 e. The number of allylic oxidation sites excluding steroid dienone is 6. The van der Waals surface area contributed by atoms with Crippen molar-refractivity contribution in [3.05, 3.63) is 94.6 Å². The smallest absolute Gasteiger partial charge is 0.117 e. The third kappa shape index (κ3) is 4.73. The van der Waals surface area contributed by atoms with E-state index in [1.54, 1.807) is 0 Å². The summed E-state index contributed by atoms with van der Waals surface area (Å²) >= 11 is 7.07. The fourth-order valence-electron chi connectivity index (χ4n) is 4.16. The van der Waals surface area contributed by atoms with E-state index in [4.69, 9.17) is 11.6 Å². The second-order valence-electron chi connectivity index (χ2n) is 8.41. The van der Waals surface area contributed by atoms with Gasteiger partial charge in [-0.05, 0) is 73.1 Å². The van der Waals surface area contributed by atoms with Crippen LogP contribution < -0.4 is 5.43 Å². The van der Waals surface area contributed by atoms with Crippen LogP contribution >= 0.6 is 11.6 Å². The molecule has 1 fully saturated rings. The van der Waals surface area contributed by atoms with E-state index in [0.717, 1.165) is 35.8 Å². The van der Waals surface area contributed by atoms with Gasteiger partial charge in [0.15, 0.2) is 0 Å². The van der Waals surface area contributed by atoms with E-state index < -0.39 is 0 Å². The minimum absolute atomic E-state index is 0.258. The van der Waals surface area contributed by atoms with Gasteiger partial charge in [-0.25, -0.2) is 5.43 Å². The molecule has 1 saturated carbocycles. The molecule has 0 spiro atoms. The lowest BCUT2D eigenvalue weighted by Gasteiger charge is -2.27. The minimum atomic E-state index is 0.258. The largest absolute Gasteiger partial charge is 0.315 e. The molecule has 0 amide bonds. The van der Waals surface area contributed by atoms with Crippen LogP contribution in [-0.4, -0.2) is 22.5 Å². The first-order valence-corrected chi connectivity index (χ1v) is 11.7. The number of halogens is 1. The third-order valence-electron chi connectivity index (χ3n) is 5.95. The predicted molar refractivity (Wildman–Crippen MR) is 133 cm³/mol. The molecule has 0 saturated heterocycles. The molecule has 4 heteroatoms. The van der Waals surface area contributed by atoms with E-state index in [9.17, 15) is 0 Å². The Morgan fingerprint density at radius 2 is 2.03 bits per heavy atom. The molecule has 0 radical (unpaired) electrons. The van der Waals surface area contributed by atoms with Gasteiger partial charge >= 0.3 is 0 Å². The number of rotatable bonds is 7. The fraction of sp³-hybridized carbons (Fsp3) is 0.333. The van der Waals surface area contributed by atoms with Gasteiger partial charge in [0.1, 0.15) is 5.16 Å². The Labute approximate surface area is 191 Å². The quantitative estimate of drug-likeness (QED) is 0.469. The van der Waals surface area contributed by atoms with Crippen molar-refractivity contribution in [3.8, 4) is 0 Å². The summed E-state index contributed by atoms with van der Waals surface area (Å²) in [7, 11) is 0. The van der Waals surface area contributed by atoms with Crippen molar-refractivity contribution in [1.82, 2.24) is 15.3 Å². The summed E-state index contributed by atoms with van der Waals surface area (Å²) in [6, 6.07) is 8.87. The molecule has 1 aliphatic carbocycles. The van der Waals surface area contributed by atoms with Gasteiger partial charge in [-0.3, -0.25) is 0 Å². The SMILES string of the molecule is C=C1C=C(C=C2CC2)C=CN1/C(Cl)=C(\CCC)c1ccccc1C1=CN(CC)NC1C. The zero-order chi connectivity index (χ0) is 22.0. The maximum absolute atomic E-state index is 7.07. The maximum atomic E-state index is 7.07. The van der Waals surface area contributed by atoms with Crippen molar-refractivity contribution in [3.63, 3.8) is 0 Å². The summed E-state index contributed by atoms with van der Waals surface area (Å²) in [5.74, 6) is 0. The van der Waals surface area contributed by atoms with Crippen molar-refractivity contribution in [1.29, 1.82) is 0 Å². The van der Waals surface area contributed by atoms with E-state index in [2.05, 4.69) is 92.7 Å². The van der Waals surface area contributed by atoms with Crippen LogP contribution in [0.3, 0.4) is 0 Å². The monoisotopic (exact) mass is 433 g/mol. The number of benzene rings is 1. The maximum Gasteiger partial charge on any atom is 0.117 e. The number of nitrogens with zero attached hydrogens (tertiary/aromatic N) is 2. The first kappa shape index (κ1) is 21.7. The van der Waals surface area contributed by atoms with Crippen molar-refractivity contribution < 1.29 is 0 Å². The van der Waals surface area contributed by atoms with Crippen LogP contribution in [-0.2, 0) is 0 Å². The van der Waals surface area contributed by atoms with E-state index in [1.165, 1.54) is 40.7 Å². The van der Waals surface area contributed by atoms with E-state index in [-0.39, 0.29) is 6.04 Å². The predicted octanol–water partition coefficient (Wildman–Crippen LogP) is 6.95. The highest BCUT2D eigenvalue weighted by Crippen LogP contribution is 2.38. The molecule has 162 valence electrons. The lowest BCUT2D eigenvalue weighted by atomic mass is 9.90. The van der Waals surface area contributed by atoms with E-state index in [1.807, 2.05) is 4.90 Å². The Balaban J connectivity index is 1.72. The highest BCUT2D eigenvalue weighted by molar-refractivity contribution is 6.32. The van der Waals surface area contributed by atoms with E-state index >= 15 is 0 Å². The molecule has 0 bridgehead atoms. The lowest BCUT2D eigenvalue weighted by Crippen LogP contribution is -2.33. The molecule has 2 aliphatic heterocycles. The highest BCUT2D eigenvalue weighted by Gasteiger charge is 2.25. The Bertz CT molecular complexity index is 1020.